The number of quaternary nitrogens is 1. The Morgan fingerprint density at radius 2 is 1.89 bits per heavy atom. The molecule has 7 heteroatoms. The normalized spacial score (nSPS) is 19.6. The molecule has 2 aromatic carbocycles. The van der Waals surface area contributed by atoms with E-state index in [-0.39, 0.29) is 10.6 Å². The van der Waals surface area contributed by atoms with Crippen LogP contribution in [0.3, 0.4) is 0 Å². The zero-order chi connectivity index (χ0) is 19.2. The quantitative estimate of drug-likeness (QED) is 0.443. The molecule has 7 nitrogen and oxygen atoms in total. The number of nitro groups is 1. The van der Waals surface area contributed by atoms with Crippen LogP contribution in [-0.2, 0) is 0 Å². The number of benzene rings is 2. The number of rotatable bonds is 7. The number of anilines is 2. The first-order chi connectivity index (χ1) is 13.0. The maximum Gasteiger partial charge on any atom is 0.292 e. The Kier molecular flexibility index (Phi) is 6.13. The standard InChI is InChI=1S/C20H26N4O3/c1-15-13-23(14-16(2)22-15)17-8-9-20(24(25)26)19(12-17)21-10-11-27-18-6-4-3-5-7-18/h3-9,12,15-16,21-22H,10-11,13-14H2,1-2H3/p+1/t15-,16-/m0/s1. The van der Waals surface area contributed by atoms with E-state index in [9.17, 15) is 10.1 Å². The van der Waals surface area contributed by atoms with Gasteiger partial charge >= 0.3 is 0 Å². The van der Waals surface area contributed by atoms with Crippen molar-refractivity contribution in [3.63, 3.8) is 0 Å². The maximum absolute atomic E-state index is 11.4. The van der Waals surface area contributed by atoms with E-state index in [1.165, 1.54) is 0 Å². The summed E-state index contributed by atoms with van der Waals surface area (Å²) in [5.41, 5.74) is 1.63. The molecular formula is C20H27N4O3+. The van der Waals surface area contributed by atoms with E-state index in [2.05, 4.69) is 29.4 Å². The van der Waals surface area contributed by atoms with Crippen molar-refractivity contribution < 1.29 is 15.0 Å². The van der Waals surface area contributed by atoms with E-state index in [1.54, 1.807) is 6.07 Å². The van der Waals surface area contributed by atoms with Gasteiger partial charge in [-0.1, -0.05) is 18.2 Å². The van der Waals surface area contributed by atoms with E-state index in [1.807, 2.05) is 42.5 Å². The van der Waals surface area contributed by atoms with Gasteiger partial charge in [0.25, 0.3) is 5.69 Å². The lowest BCUT2D eigenvalue weighted by Crippen LogP contribution is -2.99. The largest absolute Gasteiger partial charge is 0.492 e. The Morgan fingerprint density at radius 3 is 2.56 bits per heavy atom. The molecule has 1 aliphatic heterocycles. The van der Waals surface area contributed by atoms with Gasteiger partial charge in [0.05, 0.1) is 18.0 Å². The first kappa shape index (κ1) is 19.0. The summed E-state index contributed by atoms with van der Waals surface area (Å²) in [6.07, 6.45) is 0. The lowest BCUT2D eigenvalue weighted by Gasteiger charge is -2.35. The number of nitro benzene ring substituents is 1. The molecular weight excluding hydrogens is 344 g/mol. The fourth-order valence-electron chi connectivity index (χ4n) is 3.56. The lowest BCUT2D eigenvalue weighted by atomic mass is 10.1. The summed E-state index contributed by atoms with van der Waals surface area (Å²) in [7, 11) is 0. The van der Waals surface area contributed by atoms with E-state index < -0.39 is 0 Å². The monoisotopic (exact) mass is 371 g/mol. The van der Waals surface area contributed by atoms with Crippen LogP contribution in [0, 0.1) is 10.1 Å². The highest BCUT2D eigenvalue weighted by Crippen LogP contribution is 2.30. The Bertz CT molecular complexity index is 759. The molecule has 1 heterocycles. The molecule has 0 aliphatic carbocycles. The van der Waals surface area contributed by atoms with Crippen molar-refractivity contribution in [1.29, 1.82) is 0 Å². The highest BCUT2D eigenvalue weighted by molar-refractivity contribution is 5.69. The van der Waals surface area contributed by atoms with Crippen LogP contribution in [0.4, 0.5) is 17.1 Å². The van der Waals surface area contributed by atoms with Crippen LogP contribution in [0.5, 0.6) is 5.75 Å². The summed E-state index contributed by atoms with van der Waals surface area (Å²) >= 11 is 0. The molecule has 1 aliphatic rings. The predicted molar refractivity (Wildman–Crippen MR) is 107 cm³/mol. The second kappa shape index (κ2) is 8.73. The molecule has 1 fully saturated rings. The highest BCUT2D eigenvalue weighted by atomic mass is 16.6. The van der Waals surface area contributed by atoms with Gasteiger partial charge in [-0.2, -0.15) is 0 Å². The number of ether oxygens (including phenoxy) is 1. The third kappa shape index (κ3) is 5.10. The van der Waals surface area contributed by atoms with Gasteiger partial charge in [0.2, 0.25) is 0 Å². The van der Waals surface area contributed by atoms with Gasteiger partial charge in [-0.15, -0.1) is 0 Å². The molecule has 2 aromatic rings. The van der Waals surface area contributed by atoms with Crippen molar-refractivity contribution in [2.75, 3.05) is 36.5 Å². The second-order valence-corrected chi connectivity index (χ2v) is 7.10. The molecule has 3 N–H and O–H groups in total. The van der Waals surface area contributed by atoms with Crippen molar-refractivity contribution >= 4 is 17.1 Å². The van der Waals surface area contributed by atoms with Gasteiger partial charge in [0.15, 0.2) is 0 Å². The molecule has 27 heavy (non-hydrogen) atoms. The summed E-state index contributed by atoms with van der Waals surface area (Å²) in [4.78, 5) is 13.3. The number of nitrogens with zero attached hydrogens (tertiary/aromatic N) is 2. The van der Waals surface area contributed by atoms with Crippen molar-refractivity contribution in [2.45, 2.75) is 25.9 Å². The summed E-state index contributed by atoms with van der Waals surface area (Å²) < 4.78 is 5.66. The first-order valence-electron chi connectivity index (χ1n) is 9.33. The summed E-state index contributed by atoms with van der Waals surface area (Å²) in [6, 6.07) is 15.8. The fraction of sp³-hybridized carbons (Fsp3) is 0.400. The van der Waals surface area contributed by atoms with Crippen molar-refractivity contribution in [1.82, 2.24) is 0 Å². The average molecular weight is 371 g/mol. The zero-order valence-electron chi connectivity index (χ0n) is 15.8. The molecule has 0 bridgehead atoms. The molecule has 3 rings (SSSR count). The van der Waals surface area contributed by atoms with Crippen LogP contribution in [0.25, 0.3) is 0 Å². The molecule has 0 spiro atoms. The Hall–Kier alpha value is -2.80. The number of hydrogen-bond donors (Lipinski definition) is 2. The average Bonchev–Trinajstić information content (AvgIpc) is 2.65. The Balaban J connectivity index is 1.67. The van der Waals surface area contributed by atoms with Crippen LogP contribution in [0.15, 0.2) is 48.5 Å². The summed E-state index contributed by atoms with van der Waals surface area (Å²) in [6.45, 7) is 7.18. The minimum absolute atomic E-state index is 0.0862. The van der Waals surface area contributed by atoms with Crippen LogP contribution in [-0.4, -0.2) is 43.2 Å². The van der Waals surface area contributed by atoms with E-state index >= 15 is 0 Å². The Labute approximate surface area is 159 Å². The van der Waals surface area contributed by atoms with Crippen molar-refractivity contribution in [2.24, 2.45) is 0 Å². The zero-order valence-corrected chi connectivity index (χ0v) is 15.8. The van der Waals surface area contributed by atoms with E-state index in [4.69, 9.17) is 4.74 Å². The van der Waals surface area contributed by atoms with Gasteiger partial charge in [-0.25, -0.2) is 0 Å². The van der Waals surface area contributed by atoms with Crippen LogP contribution in [0.2, 0.25) is 0 Å². The predicted octanol–water partition coefficient (Wildman–Crippen LogP) is 2.25. The molecule has 0 unspecified atom stereocenters. The number of piperazine rings is 1. The van der Waals surface area contributed by atoms with Crippen molar-refractivity contribution in [3.8, 4) is 5.75 Å². The van der Waals surface area contributed by atoms with E-state index in [0.717, 1.165) is 24.5 Å². The molecule has 0 radical (unpaired) electrons. The highest BCUT2D eigenvalue weighted by Gasteiger charge is 2.25. The van der Waals surface area contributed by atoms with Gasteiger partial charge in [-0.05, 0) is 38.1 Å². The van der Waals surface area contributed by atoms with Gasteiger partial charge in [0.1, 0.15) is 30.1 Å². The number of nitrogens with two attached hydrogens (primary N) is 1. The molecule has 2 atom stereocenters. The molecule has 1 saturated heterocycles. The van der Waals surface area contributed by atoms with Crippen LogP contribution in [0.1, 0.15) is 13.8 Å². The van der Waals surface area contributed by atoms with Gasteiger partial charge in [-0.3, -0.25) is 10.1 Å². The Morgan fingerprint density at radius 1 is 1.19 bits per heavy atom. The molecule has 144 valence electrons. The summed E-state index contributed by atoms with van der Waals surface area (Å²) in [5.74, 6) is 0.787. The van der Waals surface area contributed by atoms with Crippen molar-refractivity contribution in [3.05, 3.63) is 58.6 Å². The first-order valence-corrected chi connectivity index (χ1v) is 9.33. The van der Waals surface area contributed by atoms with E-state index in [0.29, 0.717) is 30.9 Å². The SMILES string of the molecule is C[C@H]1CN(c2ccc([N+](=O)[O-])c(NCCOc3ccccc3)c2)C[C@H](C)[NH2+]1. The van der Waals surface area contributed by atoms with Gasteiger partial charge < -0.3 is 20.3 Å². The lowest BCUT2D eigenvalue weighted by molar-refractivity contribution is -0.716. The van der Waals surface area contributed by atoms with Crippen LogP contribution < -0.4 is 20.3 Å². The second-order valence-electron chi connectivity index (χ2n) is 7.10. The molecule has 0 amide bonds. The number of para-hydroxylation sites is 1. The van der Waals surface area contributed by atoms with Gasteiger partial charge in [0, 0.05) is 18.3 Å². The minimum Gasteiger partial charge on any atom is -0.492 e. The molecule has 0 aromatic heterocycles. The number of nitrogens with one attached hydrogen (secondary N) is 1. The molecule has 0 saturated carbocycles. The fourth-order valence-corrected chi connectivity index (χ4v) is 3.56. The number of hydrogen-bond acceptors (Lipinski definition) is 5. The van der Waals surface area contributed by atoms with Crippen LogP contribution >= 0.6 is 0 Å². The maximum atomic E-state index is 11.4. The minimum atomic E-state index is -0.348. The topological polar surface area (TPSA) is 84.2 Å². The third-order valence-electron chi connectivity index (χ3n) is 4.65. The third-order valence-corrected chi connectivity index (χ3v) is 4.65. The smallest absolute Gasteiger partial charge is 0.292 e. The summed E-state index contributed by atoms with van der Waals surface area (Å²) in [5, 5.41) is 16.9.